The normalized spacial score (nSPS) is 10.4. The van der Waals surface area contributed by atoms with Gasteiger partial charge in [-0.1, -0.05) is 18.2 Å². The van der Waals surface area contributed by atoms with Crippen LogP contribution >= 0.6 is 23.6 Å². The number of anilines is 1. The van der Waals surface area contributed by atoms with E-state index in [4.69, 9.17) is 17.0 Å². The van der Waals surface area contributed by atoms with E-state index in [0.717, 1.165) is 17.0 Å². The Balaban J connectivity index is 1.66. The molecule has 0 bridgehead atoms. The van der Waals surface area contributed by atoms with E-state index in [2.05, 4.69) is 20.7 Å². The molecule has 0 saturated carbocycles. The molecule has 0 aliphatic carbocycles. The van der Waals surface area contributed by atoms with Crippen molar-refractivity contribution in [1.82, 2.24) is 20.1 Å². The van der Waals surface area contributed by atoms with Crippen molar-refractivity contribution in [3.8, 4) is 22.7 Å². The fourth-order valence-electron chi connectivity index (χ4n) is 2.80. The second kappa shape index (κ2) is 8.85. The van der Waals surface area contributed by atoms with Crippen molar-refractivity contribution in [2.45, 2.75) is 0 Å². The number of benzene rings is 2. The molecule has 0 saturated heterocycles. The summed E-state index contributed by atoms with van der Waals surface area (Å²) in [5, 5.41) is 12.8. The molecule has 1 amide bonds. The van der Waals surface area contributed by atoms with Crippen LogP contribution in [0.2, 0.25) is 0 Å². The molecule has 30 heavy (non-hydrogen) atoms. The lowest BCUT2D eigenvalue weighted by Gasteiger charge is -2.07. The lowest BCUT2D eigenvalue weighted by Crippen LogP contribution is -2.34. The predicted octanol–water partition coefficient (Wildman–Crippen LogP) is 4.13. The second-order valence-corrected chi connectivity index (χ2v) is 7.45. The van der Waals surface area contributed by atoms with E-state index in [1.807, 2.05) is 60.0 Å². The van der Waals surface area contributed by atoms with Crippen molar-refractivity contribution in [3.63, 3.8) is 0 Å². The van der Waals surface area contributed by atoms with Crippen molar-refractivity contribution in [1.29, 1.82) is 0 Å². The second-order valence-electron chi connectivity index (χ2n) is 6.15. The maximum atomic E-state index is 13.0. The number of aromatic nitrogens is 3. The maximum Gasteiger partial charge on any atom is 0.261 e. The van der Waals surface area contributed by atoms with Gasteiger partial charge in [0, 0.05) is 23.3 Å². The van der Waals surface area contributed by atoms with Crippen LogP contribution in [0, 0.1) is 0 Å². The Bertz CT molecular complexity index is 1160. The van der Waals surface area contributed by atoms with Crippen LogP contribution in [0.1, 0.15) is 10.4 Å². The van der Waals surface area contributed by atoms with E-state index in [-0.39, 0.29) is 11.0 Å². The molecule has 7 nitrogen and oxygen atoms in total. The van der Waals surface area contributed by atoms with Gasteiger partial charge in [0.25, 0.3) is 5.91 Å². The van der Waals surface area contributed by atoms with Gasteiger partial charge in [-0.25, -0.2) is 9.67 Å². The third-order valence-corrected chi connectivity index (χ3v) is 5.12. The molecule has 0 radical (unpaired) electrons. The molecule has 0 spiro atoms. The molecular weight excluding hydrogens is 418 g/mol. The molecule has 2 heterocycles. The molecule has 4 aromatic rings. The summed E-state index contributed by atoms with van der Waals surface area (Å²) in [6.45, 7) is 0. The van der Waals surface area contributed by atoms with E-state index < -0.39 is 0 Å². The molecular formula is C21H17N5O2S2. The standard InChI is InChI=1S/C21H17N5O2S2/c1-28-16-9-7-14(8-10-16)18-17(13-26(25-18)15-5-3-2-4-6-15)19(27)23-20(29)24-21-22-11-12-30-21/h2-13H,1H3,(H2,22,23,24,27,29). The summed E-state index contributed by atoms with van der Waals surface area (Å²) in [5.41, 5.74) is 2.56. The number of thiocarbonyl (C=S) groups is 1. The Labute approximate surface area is 182 Å². The highest BCUT2D eigenvalue weighted by molar-refractivity contribution is 7.80. The zero-order valence-electron chi connectivity index (χ0n) is 15.9. The molecule has 2 aromatic carbocycles. The monoisotopic (exact) mass is 435 g/mol. The van der Waals surface area contributed by atoms with Crippen molar-refractivity contribution >= 4 is 39.7 Å². The number of para-hydroxylation sites is 1. The molecule has 0 atom stereocenters. The summed E-state index contributed by atoms with van der Waals surface area (Å²) < 4.78 is 6.90. The minimum atomic E-state index is -0.364. The molecule has 150 valence electrons. The number of ether oxygens (including phenoxy) is 1. The van der Waals surface area contributed by atoms with Crippen molar-refractivity contribution < 1.29 is 9.53 Å². The summed E-state index contributed by atoms with van der Waals surface area (Å²) >= 11 is 6.64. The summed E-state index contributed by atoms with van der Waals surface area (Å²) in [7, 11) is 1.61. The first-order valence-corrected chi connectivity index (χ1v) is 10.2. The van der Waals surface area contributed by atoms with Crippen molar-refractivity contribution in [2.24, 2.45) is 0 Å². The molecule has 0 aliphatic rings. The topological polar surface area (TPSA) is 81.1 Å². The smallest absolute Gasteiger partial charge is 0.261 e. The van der Waals surface area contributed by atoms with Gasteiger partial charge in [0.05, 0.1) is 18.4 Å². The van der Waals surface area contributed by atoms with Gasteiger partial charge in [0.2, 0.25) is 0 Å². The number of nitrogens with one attached hydrogen (secondary N) is 2. The van der Waals surface area contributed by atoms with Gasteiger partial charge in [-0.15, -0.1) is 11.3 Å². The SMILES string of the molecule is COc1ccc(-c2nn(-c3ccccc3)cc2C(=O)NC(=S)Nc2nccs2)cc1. The quantitative estimate of drug-likeness (QED) is 0.459. The minimum Gasteiger partial charge on any atom is -0.497 e. The fraction of sp³-hybridized carbons (Fsp3) is 0.0476. The van der Waals surface area contributed by atoms with Gasteiger partial charge < -0.3 is 10.1 Å². The lowest BCUT2D eigenvalue weighted by atomic mass is 10.1. The van der Waals surface area contributed by atoms with Crippen LogP contribution in [0.15, 0.2) is 72.4 Å². The first kappa shape index (κ1) is 19.7. The Morgan fingerprint density at radius 3 is 2.57 bits per heavy atom. The van der Waals surface area contributed by atoms with E-state index in [1.54, 1.807) is 24.2 Å². The highest BCUT2D eigenvalue weighted by Gasteiger charge is 2.20. The predicted molar refractivity (Wildman–Crippen MR) is 121 cm³/mol. The zero-order chi connectivity index (χ0) is 20.9. The van der Waals surface area contributed by atoms with Crippen LogP contribution in [-0.2, 0) is 0 Å². The molecule has 2 aromatic heterocycles. The fourth-order valence-corrected chi connectivity index (χ4v) is 3.59. The molecule has 4 rings (SSSR count). The molecule has 0 unspecified atom stereocenters. The third kappa shape index (κ3) is 4.37. The van der Waals surface area contributed by atoms with Crippen molar-refractivity contribution in [2.75, 3.05) is 12.4 Å². The van der Waals surface area contributed by atoms with Crippen LogP contribution in [0.25, 0.3) is 16.9 Å². The number of carbonyl (C=O) groups excluding carboxylic acids is 1. The van der Waals surface area contributed by atoms with Gasteiger partial charge in [-0.2, -0.15) is 5.10 Å². The third-order valence-electron chi connectivity index (χ3n) is 4.22. The van der Waals surface area contributed by atoms with E-state index >= 15 is 0 Å². The van der Waals surface area contributed by atoms with Gasteiger partial charge in [-0.05, 0) is 48.6 Å². The number of rotatable bonds is 5. The van der Waals surface area contributed by atoms with Gasteiger partial charge >= 0.3 is 0 Å². The maximum absolute atomic E-state index is 13.0. The average Bonchev–Trinajstić information content (AvgIpc) is 3.44. The summed E-state index contributed by atoms with van der Waals surface area (Å²) in [4.78, 5) is 17.1. The van der Waals surface area contributed by atoms with Gasteiger partial charge in [0.1, 0.15) is 11.4 Å². The molecule has 0 fully saturated rings. The number of methoxy groups -OCH3 is 1. The van der Waals surface area contributed by atoms with Crippen LogP contribution < -0.4 is 15.4 Å². The number of amides is 1. The molecule has 2 N–H and O–H groups in total. The Kier molecular flexibility index (Phi) is 5.82. The number of hydrogen-bond donors (Lipinski definition) is 2. The first-order chi connectivity index (χ1) is 14.6. The summed E-state index contributed by atoms with van der Waals surface area (Å²) in [5.74, 6) is 0.359. The van der Waals surface area contributed by atoms with Crippen LogP contribution in [0.4, 0.5) is 5.13 Å². The highest BCUT2D eigenvalue weighted by atomic mass is 32.1. The number of nitrogens with zero attached hydrogens (tertiary/aromatic N) is 3. The van der Waals surface area contributed by atoms with Gasteiger partial charge in [0.15, 0.2) is 10.2 Å². The van der Waals surface area contributed by atoms with Crippen molar-refractivity contribution in [3.05, 3.63) is 77.9 Å². The van der Waals surface area contributed by atoms with Crippen LogP contribution in [0.5, 0.6) is 5.75 Å². The average molecular weight is 436 g/mol. The summed E-state index contributed by atoms with van der Waals surface area (Å²) in [6, 6.07) is 17.0. The Hall–Kier alpha value is -3.56. The highest BCUT2D eigenvalue weighted by Crippen LogP contribution is 2.26. The van der Waals surface area contributed by atoms with E-state index in [0.29, 0.717) is 16.4 Å². The molecule has 0 aliphatic heterocycles. The van der Waals surface area contributed by atoms with Crippen LogP contribution in [-0.4, -0.2) is 32.9 Å². The first-order valence-electron chi connectivity index (χ1n) is 8.95. The van der Waals surface area contributed by atoms with E-state index in [9.17, 15) is 4.79 Å². The van der Waals surface area contributed by atoms with Gasteiger partial charge in [-0.3, -0.25) is 10.1 Å². The minimum absolute atomic E-state index is 0.170. The Morgan fingerprint density at radius 2 is 1.90 bits per heavy atom. The number of thiazole rings is 1. The number of carbonyl (C=O) groups is 1. The Morgan fingerprint density at radius 1 is 1.13 bits per heavy atom. The van der Waals surface area contributed by atoms with Crippen LogP contribution in [0.3, 0.4) is 0 Å². The number of hydrogen-bond acceptors (Lipinski definition) is 6. The lowest BCUT2D eigenvalue weighted by molar-refractivity contribution is 0.0978. The largest absolute Gasteiger partial charge is 0.497 e. The summed E-state index contributed by atoms with van der Waals surface area (Å²) in [6.07, 6.45) is 3.35. The van der Waals surface area contributed by atoms with E-state index in [1.165, 1.54) is 11.3 Å². The zero-order valence-corrected chi connectivity index (χ0v) is 17.5. The molecule has 9 heteroatoms.